The summed E-state index contributed by atoms with van der Waals surface area (Å²) in [5.74, 6) is 0. The fourth-order valence-corrected chi connectivity index (χ4v) is 4.04. The van der Waals surface area contributed by atoms with Gasteiger partial charge in [0, 0.05) is 4.47 Å². The van der Waals surface area contributed by atoms with E-state index < -0.39 is 10.0 Å². The average Bonchev–Trinajstić information content (AvgIpc) is 2.34. The van der Waals surface area contributed by atoms with E-state index in [0.29, 0.717) is 5.69 Å². The number of sulfonamides is 1. The molecular weight excluding hydrogens is 338 g/mol. The van der Waals surface area contributed by atoms with E-state index in [1.807, 2.05) is 39.0 Å². The van der Waals surface area contributed by atoms with E-state index in [1.54, 1.807) is 18.2 Å². The smallest absolute Gasteiger partial charge is 0.261 e. The molecule has 0 heterocycles. The molecule has 0 radical (unpaired) electrons. The molecular formula is C15H16BrNO2S. The lowest BCUT2D eigenvalue weighted by Crippen LogP contribution is -2.14. The largest absolute Gasteiger partial charge is 0.279 e. The van der Waals surface area contributed by atoms with Gasteiger partial charge in [0.2, 0.25) is 0 Å². The molecule has 0 aliphatic heterocycles. The zero-order valence-corrected chi connectivity index (χ0v) is 14.0. The van der Waals surface area contributed by atoms with Crippen LogP contribution in [0.5, 0.6) is 0 Å². The Hall–Kier alpha value is -1.33. The summed E-state index contributed by atoms with van der Waals surface area (Å²) in [7, 11) is -3.56. The third kappa shape index (κ3) is 3.22. The predicted molar refractivity (Wildman–Crippen MR) is 85.6 cm³/mol. The minimum Gasteiger partial charge on any atom is -0.279 e. The van der Waals surface area contributed by atoms with Crippen LogP contribution in [-0.4, -0.2) is 8.42 Å². The number of nitrogens with one attached hydrogen (secondary N) is 1. The van der Waals surface area contributed by atoms with Gasteiger partial charge < -0.3 is 0 Å². The van der Waals surface area contributed by atoms with Crippen molar-refractivity contribution in [2.45, 2.75) is 25.7 Å². The van der Waals surface area contributed by atoms with Crippen LogP contribution in [0.2, 0.25) is 0 Å². The van der Waals surface area contributed by atoms with Gasteiger partial charge in [0.1, 0.15) is 0 Å². The molecule has 2 rings (SSSR count). The van der Waals surface area contributed by atoms with Gasteiger partial charge in [0.15, 0.2) is 0 Å². The number of hydrogen-bond donors (Lipinski definition) is 1. The van der Waals surface area contributed by atoms with Crippen LogP contribution >= 0.6 is 15.9 Å². The van der Waals surface area contributed by atoms with Crippen LogP contribution in [0.3, 0.4) is 0 Å². The van der Waals surface area contributed by atoms with Crippen LogP contribution in [0.25, 0.3) is 0 Å². The standard InChI is InChI=1S/C15H16BrNO2S/c1-10-5-4-6-14(7-10)20(18,19)17-15-11(2)8-13(16)9-12(15)3/h4-9,17H,1-3H3. The second-order valence-electron chi connectivity index (χ2n) is 4.84. The van der Waals surface area contributed by atoms with Crippen molar-refractivity contribution in [2.24, 2.45) is 0 Å². The van der Waals surface area contributed by atoms with Crippen LogP contribution in [-0.2, 0) is 10.0 Å². The van der Waals surface area contributed by atoms with E-state index in [-0.39, 0.29) is 4.90 Å². The lowest BCUT2D eigenvalue weighted by Gasteiger charge is -2.14. The number of benzene rings is 2. The molecule has 0 unspecified atom stereocenters. The van der Waals surface area contributed by atoms with Gasteiger partial charge in [0.25, 0.3) is 10.0 Å². The molecule has 0 aliphatic carbocycles. The Bertz CT molecular complexity index is 731. The van der Waals surface area contributed by atoms with E-state index >= 15 is 0 Å². The molecule has 1 N–H and O–H groups in total. The Morgan fingerprint density at radius 2 is 1.60 bits per heavy atom. The Morgan fingerprint density at radius 3 is 2.15 bits per heavy atom. The van der Waals surface area contributed by atoms with Crippen molar-refractivity contribution in [2.75, 3.05) is 4.72 Å². The Kier molecular flexibility index (Phi) is 4.20. The zero-order valence-electron chi connectivity index (χ0n) is 11.6. The summed E-state index contributed by atoms with van der Waals surface area (Å²) in [6.45, 7) is 5.63. The number of halogens is 1. The van der Waals surface area contributed by atoms with Gasteiger partial charge in [-0.3, -0.25) is 4.72 Å². The summed E-state index contributed by atoms with van der Waals surface area (Å²) >= 11 is 3.40. The first-order valence-electron chi connectivity index (χ1n) is 6.16. The van der Waals surface area contributed by atoms with E-state index in [0.717, 1.165) is 21.2 Å². The second-order valence-corrected chi connectivity index (χ2v) is 7.43. The third-order valence-corrected chi connectivity index (χ3v) is 4.84. The molecule has 0 amide bonds. The van der Waals surface area contributed by atoms with Gasteiger partial charge in [-0.2, -0.15) is 0 Å². The van der Waals surface area contributed by atoms with Gasteiger partial charge >= 0.3 is 0 Å². The lowest BCUT2D eigenvalue weighted by atomic mass is 10.1. The molecule has 2 aromatic rings. The molecule has 0 atom stereocenters. The predicted octanol–water partition coefficient (Wildman–Crippen LogP) is 4.18. The molecule has 0 spiro atoms. The highest BCUT2D eigenvalue weighted by Crippen LogP contribution is 2.27. The third-order valence-electron chi connectivity index (χ3n) is 3.03. The monoisotopic (exact) mass is 353 g/mol. The summed E-state index contributed by atoms with van der Waals surface area (Å²) in [5.41, 5.74) is 3.31. The first-order valence-corrected chi connectivity index (χ1v) is 8.43. The maximum atomic E-state index is 12.4. The van der Waals surface area contributed by atoms with E-state index in [2.05, 4.69) is 20.7 Å². The molecule has 20 heavy (non-hydrogen) atoms. The molecule has 0 saturated carbocycles. The number of hydrogen-bond acceptors (Lipinski definition) is 2. The van der Waals surface area contributed by atoms with Crippen molar-refractivity contribution in [3.05, 3.63) is 57.6 Å². The first-order chi connectivity index (χ1) is 9.29. The molecule has 0 bridgehead atoms. The van der Waals surface area contributed by atoms with Gasteiger partial charge in [-0.05, 0) is 61.7 Å². The van der Waals surface area contributed by atoms with Crippen molar-refractivity contribution in [3.63, 3.8) is 0 Å². The van der Waals surface area contributed by atoms with Gasteiger partial charge in [-0.1, -0.05) is 28.1 Å². The second kappa shape index (κ2) is 5.58. The number of rotatable bonds is 3. The van der Waals surface area contributed by atoms with Crippen molar-refractivity contribution >= 4 is 31.6 Å². The van der Waals surface area contributed by atoms with E-state index in [4.69, 9.17) is 0 Å². The summed E-state index contributed by atoms with van der Waals surface area (Å²) < 4.78 is 28.5. The zero-order chi connectivity index (χ0) is 14.9. The van der Waals surface area contributed by atoms with Crippen molar-refractivity contribution in [1.82, 2.24) is 0 Å². The molecule has 0 aromatic heterocycles. The Labute approximate surface area is 128 Å². The minimum atomic E-state index is -3.56. The van der Waals surface area contributed by atoms with Crippen molar-refractivity contribution in [3.8, 4) is 0 Å². The van der Waals surface area contributed by atoms with Crippen LogP contribution in [0, 0.1) is 20.8 Å². The highest BCUT2D eigenvalue weighted by Gasteiger charge is 2.16. The molecule has 0 aliphatic rings. The molecule has 0 saturated heterocycles. The van der Waals surface area contributed by atoms with E-state index in [9.17, 15) is 8.42 Å². The van der Waals surface area contributed by atoms with Crippen LogP contribution in [0.4, 0.5) is 5.69 Å². The van der Waals surface area contributed by atoms with Crippen LogP contribution in [0.15, 0.2) is 45.8 Å². The summed E-state index contributed by atoms with van der Waals surface area (Å²) in [4.78, 5) is 0.277. The van der Waals surface area contributed by atoms with Crippen LogP contribution in [0.1, 0.15) is 16.7 Å². The topological polar surface area (TPSA) is 46.2 Å². The quantitative estimate of drug-likeness (QED) is 0.899. The SMILES string of the molecule is Cc1cccc(S(=O)(=O)Nc2c(C)cc(Br)cc2C)c1. The van der Waals surface area contributed by atoms with Crippen molar-refractivity contribution in [1.29, 1.82) is 0 Å². The fraction of sp³-hybridized carbons (Fsp3) is 0.200. The highest BCUT2D eigenvalue weighted by molar-refractivity contribution is 9.10. The molecule has 5 heteroatoms. The summed E-state index contributed by atoms with van der Waals surface area (Å²) in [6, 6.07) is 10.6. The molecule has 2 aromatic carbocycles. The Morgan fingerprint density at radius 1 is 1.00 bits per heavy atom. The molecule has 0 fully saturated rings. The average molecular weight is 354 g/mol. The normalized spacial score (nSPS) is 11.4. The van der Waals surface area contributed by atoms with E-state index in [1.165, 1.54) is 0 Å². The molecule has 106 valence electrons. The summed E-state index contributed by atoms with van der Waals surface area (Å²) in [5, 5.41) is 0. The minimum absolute atomic E-state index is 0.277. The lowest BCUT2D eigenvalue weighted by molar-refractivity contribution is 0.601. The van der Waals surface area contributed by atoms with Crippen molar-refractivity contribution < 1.29 is 8.42 Å². The van der Waals surface area contributed by atoms with Gasteiger partial charge in [-0.25, -0.2) is 8.42 Å². The Balaban J connectivity index is 2.44. The van der Waals surface area contributed by atoms with Crippen LogP contribution < -0.4 is 4.72 Å². The number of anilines is 1. The van der Waals surface area contributed by atoms with Gasteiger partial charge in [0.05, 0.1) is 10.6 Å². The fourth-order valence-electron chi connectivity index (χ4n) is 2.05. The molecule has 3 nitrogen and oxygen atoms in total. The highest BCUT2D eigenvalue weighted by atomic mass is 79.9. The maximum Gasteiger partial charge on any atom is 0.261 e. The summed E-state index contributed by atoms with van der Waals surface area (Å²) in [6.07, 6.45) is 0. The first kappa shape index (κ1) is 15.1. The number of aryl methyl sites for hydroxylation is 3. The maximum absolute atomic E-state index is 12.4. The van der Waals surface area contributed by atoms with Gasteiger partial charge in [-0.15, -0.1) is 0 Å².